The van der Waals surface area contributed by atoms with E-state index in [0.717, 1.165) is 5.75 Å². The maximum atomic E-state index is 6.15. The van der Waals surface area contributed by atoms with Crippen molar-refractivity contribution in [3.63, 3.8) is 0 Å². The molecule has 0 bridgehead atoms. The number of thioether (sulfide) groups is 1. The zero-order valence-corrected chi connectivity index (χ0v) is 10.8. The molecule has 0 amide bonds. The highest BCUT2D eigenvalue weighted by atomic mass is 32.2. The van der Waals surface area contributed by atoms with Crippen LogP contribution >= 0.6 is 11.8 Å². The third-order valence-electron chi connectivity index (χ3n) is 3.30. The van der Waals surface area contributed by atoms with Crippen molar-refractivity contribution in [3.8, 4) is 0 Å². The van der Waals surface area contributed by atoms with Crippen LogP contribution < -0.4 is 5.73 Å². The van der Waals surface area contributed by atoms with Crippen LogP contribution in [0.1, 0.15) is 36.8 Å². The number of hydrogen-bond donors (Lipinski definition) is 1. The molecule has 1 nitrogen and oxygen atoms in total. The van der Waals surface area contributed by atoms with Crippen LogP contribution in [0.3, 0.4) is 0 Å². The second-order valence-corrected chi connectivity index (χ2v) is 6.01. The van der Waals surface area contributed by atoms with Crippen LogP contribution in [0, 0.1) is 6.92 Å². The van der Waals surface area contributed by atoms with Crippen molar-refractivity contribution >= 4 is 11.8 Å². The van der Waals surface area contributed by atoms with Crippen LogP contribution in [0.15, 0.2) is 24.3 Å². The van der Waals surface area contributed by atoms with Gasteiger partial charge in [-0.3, -0.25) is 0 Å². The summed E-state index contributed by atoms with van der Waals surface area (Å²) in [7, 11) is 0. The van der Waals surface area contributed by atoms with Gasteiger partial charge in [-0.05, 0) is 25.3 Å². The van der Waals surface area contributed by atoms with E-state index < -0.39 is 0 Å². The van der Waals surface area contributed by atoms with E-state index >= 15 is 0 Å². The molecule has 1 aliphatic rings. The normalized spacial score (nSPS) is 25.6. The van der Waals surface area contributed by atoms with Crippen LogP contribution in [-0.2, 0) is 5.75 Å². The SMILES string of the molecule is Cc1cccc(CSC2CCCCC2N)c1. The van der Waals surface area contributed by atoms with Gasteiger partial charge in [0.1, 0.15) is 0 Å². The van der Waals surface area contributed by atoms with Gasteiger partial charge in [-0.1, -0.05) is 42.7 Å². The molecule has 1 fully saturated rings. The van der Waals surface area contributed by atoms with Gasteiger partial charge >= 0.3 is 0 Å². The number of nitrogens with two attached hydrogens (primary N) is 1. The van der Waals surface area contributed by atoms with E-state index in [4.69, 9.17) is 5.73 Å². The first kappa shape index (κ1) is 12.0. The van der Waals surface area contributed by atoms with Crippen molar-refractivity contribution in [2.75, 3.05) is 0 Å². The Morgan fingerprint density at radius 1 is 1.31 bits per heavy atom. The highest BCUT2D eigenvalue weighted by Gasteiger charge is 2.21. The second kappa shape index (κ2) is 5.74. The molecular weight excluding hydrogens is 214 g/mol. The molecule has 0 heterocycles. The number of aryl methyl sites for hydroxylation is 1. The zero-order valence-electron chi connectivity index (χ0n) is 9.99. The van der Waals surface area contributed by atoms with Crippen LogP contribution in [0.5, 0.6) is 0 Å². The molecule has 88 valence electrons. The first-order chi connectivity index (χ1) is 7.75. The van der Waals surface area contributed by atoms with Gasteiger partial charge in [0.2, 0.25) is 0 Å². The summed E-state index contributed by atoms with van der Waals surface area (Å²) in [5.74, 6) is 1.11. The summed E-state index contributed by atoms with van der Waals surface area (Å²) in [5, 5.41) is 0.675. The third kappa shape index (κ3) is 3.26. The van der Waals surface area contributed by atoms with E-state index in [9.17, 15) is 0 Å². The highest BCUT2D eigenvalue weighted by Crippen LogP contribution is 2.29. The fourth-order valence-corrected chi connectivity index (χ4v) is 3.64. The van der Waals surface area contributed by atoms with Crippen LogP contribution in [0.25, 0.3) is 0 Å². The topological polar surface area (TPSA) is 26.0 Å². The maximum absolute atomic E-state index is 6.15. The molecule has 16 heavy (non-hydrogen) atoms. The summed E-state index contributed by atoms with van der Waals surface area (Å²) >= 11 is 2.04. The predicted molar refractivity (Wildman–Crippen MR) is 72.7 cm³/mol. The van der Waals surface area contributed by atoms with Gasteiger partial charge in [-0.15, -0.1) is 0 Å². The minimum absolute atomic E-state index is 0.420. The fourth-order valence-electron chi connectivity index (χ4n) is 2.34. The maximum Gasteiger partial charge on any atom is 0.0202 e. The number of benzene rings is 1. The fraction of sp³-hybridized carbons (Fsp3) is 0.571. The summed E-state index contributed by atoms with van der Waals surface area (Å²) < 4.78 is 0. The Kier molecular flexibility index (Phi) is 4.30. The summed E-state index contributed by atoms with van der Waals surface area (Å²) in [5.41, 5.74) is 8.94. The minimum Gasteiger partial charge on any atom is -0.327 e. The molecular formula is C14H21NS. The van der Waals surface area contributed by atoms with E-state index in [1.54, 1.807) is 0 Å². The Morgan fingerprint density at radius 3 is 2.88 bits per heavy atom. The number of rotatable bonds is 3. The lowest BCUT2D eigenvalue weighted by Crippen LogP contribution is -2.35. The molecule has 0 spiro atoms. The smallest absolute Gasteiger partial charge is 0.0202 e. The molecule has 1 aliphatic carbocycles. The lowest BCUT2D eigenvalue weighted by molar-refractivity contribution is 0.453. The van der Waals surface area contributed by atoms with Gasteiger partial charge in [-0.2, -0.15) is 11.8 Å². The third-order valence-corrected chi connectivity index (χ3v) is 4.81. The van der Waals surface area contributed by atoms with Crippen molar-refractivity contribution in [3.05, 3.63) is 35.4 Å². The largest absolute Gasteiger partial charge is 0.327 e. The second-order valence-electron chi connectivity index (χ2n) is 4.79. The van der Waals surface area contributed by atoms with Crippen molar-refractivity contribution in [1.82, 2.24) is 0 Å². The van der Waals surface area contributed by atoms with Gasteiger partial charge in [-0.25, -0.2) is 0 Å². The van der Waals surface area contributed by atoms with E-state index in [1.165, 1.54) is 36.8 Å². The Morgan fingerprint density at radius 2 is 2.12 bits per heavy atom. The molecule has 0 aromatic heterocycles. The van der Waals surface area contributed by atoms with E-state index in [0.29, 0.717) is 11.3 Å². The van der Waals surface area contributed by atoms with Gasteiger partial charge in [0.15, 0.2) is 0 Å². The Labute approximate surface area is 103 Å². The van der Waals surface area contributed by atoms with Crippen LogP contribution in [0.2, 0.25) is 0 Å². The molecule has 2 rings (SSSR count). The van der Waals surface area contributed by atoms with Gasteiger partial charge in [0.25, 0.3) is 0 Å². The molecule has 1 aromatic rings. The molecule has 1 saturated carbocycles. The Bertz CT molecular complexity index is 337. The van der Waals surface area contributed by atoms with Crippen LogP contribution in [0.4, 0.5) is 0 Å². The minimum atomic E-state index is 0.420. The quantitative estimate of drug-likeness (QED) is 0.868. The molecule has 0 radical (unpaired) electrons. The molecule has 2 unspecified atom stereocenters. The van der Waals surface area contributed by atoms with E-state index in [1.807, 2.05) is 11.8 Å². The summed E-state index contributed by atoms with van der Waals surface area (Å²) in [6, 6.07) is 9.21. The van der Waals surface area contributed by atoms with Crippen molar-refractivity contribution in [1.29, 1.82) is 0 Å². The first-order valence-corrected chi connectivity index (χ1v) is 7.23. The molecule has 0 saturated heterocycles. The number of hydrogen-bond acceptors (Lipinski definition) is 2. The van der Waals surface area contributed by atoms with Gasteiger partial charge in [0.05, 0.1) is 0 Å². The Hall–Kier alpha value is -0.470. The van der Waals surface area contributed by atoms with Crippen molar-refractivity contribution in [2.45, 2.75) is 49.7 Å². The average molecular weight is 235 g/mol. The zero-order chi connectivity index (χ0) is 11.4. The van der Waals surface area contributed by atoms with Crippen LogP contribution in [-0.4, -0.2) is 11.3 Å². The van der Waals surface area contributed by atoms with Crippen molar-refractivity contribution in [2.24, 2.45) is 5.73 Å². The van der Waals surface area contributed by atoms with E-state index in [2.05, 4.69) is 31.2 Å². The van der Waals surface area contributed by atoms with Gasteiger partial charge in [0, 0.05) is 17.0 Å². The lowest BCUT2D eigenvalue weighted by atomic mass is 9.96. The molecule has 2 atom stereocenters. The molecule has 1 aromatic carbocycles. The first-order valence-electron chi connectivity index (χ1n) is 6.18. The lowest BCUT2D eigenvalue weighted by Gasteiger charge is -2.28. The summed E-state index contributed by atoms with van der Waals surface area (Å²) in [6.07, 6.45) is 5.20. The predicted octanol–water partition coefficient (Wildman–Crippen LogP) is 3.50. The van der Waals surface area contributed by atoms with E-state index in [-0.39, 0.29) is 0 Å². The standard InChI is InChI=1S/C14H21NS/c1-11-5-4-6-12(9-11)10-16-14-8-3-2-7-13(14)15/h4-6,9,13-14H,2-3,7-8,10,15H2,1H3. The summed E-state index contributed by atoms with van der Waals surface area (Å²) in [4.78, 5) is 0. The monoisotopic (exact) mass is 235 g/mol. The molecule has 2 N–H and O–H groups in total. The average Bonchev–Trinajstić information content (AvgIpc) is 2.28. The molecule has 2 heteroatoms. The highest BCUT2D eigenvalue weighted by molar-refractivity contribution is 7.99. The van der Waals surface area contributed by atoms with Gasteiger partial charge < -0.3 is 5.73 Å². The summed E-state index contributed by atoms with van der Waals surface area (Å²) in [6.45, 7) is 2.15. The molecule has 0 aliphatic heterocycles. The van der Waals surface area contributed by atoms with Crippen molar-refractivity contribution < 1.29 is 0 Å². The Balaban J connectivity index is 1.86.